The zero-order valence-corrected chi connectivity index (χ0v) is 10.4. The standard InChI is InChI=1S/C12H15F3N2O2/c1-2-9(18)5-6-16-11(19)8-3-4-10(17-7-8)12(13,14)15/h3-4,7,9,18H,2,5-6H2,1H3,(H,16,19). The highest BCUT2D eigenvalue weighted by atomic mass is 19.4. The number of pyridine rings is 1. The third-order valence-corrected chi connectivity index (χ3v) is 2.55. The van der Waals surface area contributed by atoms with Crippen LogP contribution in [0.1, 0.15) is 35.8 Å². The summed E-state index contributed by atoms with van der Waals surface area (Å²) in [5.41, 5.74) is -0.982. The Bertz CT molecular complexity index is 418. The fourth-order valence-electron chi connectivity index (χ4n) is 1.35. The number of nitrogens with one attached hydrogen (secondary N) is 1. The van der Waals surface area contributed by atoms with Gasteiger partial charge in [0, 0.05) is 12.7 Å². The van der Waals surface area contributed by atoms with Crippen molar-refractivity contribution in [1.82, 2.24) is 10.3 Å². The summed E-state index contributed by atoms with van der Waals surface area (Å²) in [5.74, 6) is -0.510. The lowest BCUT2D eigenvalue weighted by Crippen LogP contribution is -2.27. The quantitative estimate of drug-likeness (QED) is 0.864. The fraction of sp³-hybridized carbons (Fsp3) is 0.500. The molecule has 0 saturated carbocycles. The minimum Gasteiger partial charge on any atom is -0.393 e. The first kappa shape index (κ1) is 15.4. The van der Waals surface area contributed by atoms with Gasteiger partial charge in [-0.15, -0.1) is 0 Å². The van der Waals surface area contributed by atoms with Crippen LogP contribution < -0.4 is 5.32 Å². The van der Waals surface area contributed by atoms with Crippen LogP contribution in [0.3, 0.4) is 0 Å². The van der Waals surface area contributed by atoms with Crippen molar-refractivity contribution >= 4 is 5.91 Å². The zero-order valence-electron chi connectivity index (χ0n) is 10.4. The SMILES string of the molecule is CCC(O)CCNC(=O)c1ccc(C(F)(F)F)nc1. The normalized spacial score (nSPS) is 13.1. The molecule has 4 nitrogen and oxygen atoms in total. The van der Waals surface area contributed by atoms with Gasteiger partial charge >= 0.3 is 6.18 Å². The van der Waals surface area contributed by atoms with Crippen LogP contribution in [0.2, 0.25) is 0 Å². The molecule has 0 aromatic carbocycles. The summed E-state index contributed by atoms with van der Waals surface area (Å²) in [5, 5.41) is 11.8. The second-order valence-electron chi connectivity index (χ2n) is 4.04. The Kier molecular flexibility index (Phi) is 5.29. The Balaban J connectivity index is 2.54. The van der Waals surface area contributed by atoms with Crippen LogP contribution >= 0.6 is 0 Å². The predicted molar refractivity (Wildman–Crippen MR) is 62.5 cm³/mol. The van der Waals surface area contributed by atoms with Gasteiger partial charge in [-0.1, -0.05) is 6.92 Å². The van der Waals surface area contributed by atoms with E-state index in [2.05, 4.69) is 10.3 Å². The summed E-state index contributed by atoms with van der Waals surface area (Å²) in [6, 6.07) is 1.83. The molecular weight excluding hydrogens is 261 g/mol. The lowest BCUT2D eigenvalue weighted by atomic mass is 10.2. The van der Waals surface area contributed by atoms with E-state index in [-0.39, 0.29) is 12.1 Å². The minimum atomic E-state index is -4.51. The van der Waals surface area contributed by atoms with Crippen LogP contribution in [0.5, 0.6) is 0 Å². The molecule has 2 N–H and O–H groups in total. The van der Waals surface area contributed by atoms with Crippen molar-refractivity contribution in [1.29, 1.82) is 0 Å². The predicted octanol–water partition coefficient (Wildman–Crippen LogP) is 1.99. The van der Waals surface area contributed by atoms with E-state index < -0.39 is 23.9 Å². The maximum absolute atomic E-state index is 12.3. The molecule has 1 rings (SSSR count). The number of aliphatic hydroxyl groups is 1. The van der Waals surface area contributed by atoms with Gasteiger partial charge in [0.05, 0.1) is 11.7 Å². The van der Waals surface area contributed by atoms with Gasteiger partial charge in [0.15, 0.2) is 0 Å². The van der Waals surface area contributed by atoms with Gasteiger partial charge in [0.25, 0.3) is 5.91 Å². The van der Waals surface area contributed by atoms with Crippen LogP contribution in [0, 0.1) is 0 Å². The Labute approximate surface area is 108 Å². The largest absolute Gasteiger partial charge is 0.433 e. The molecule has 0 aliphatic carbocycles. The van der Waals surface area contributed by atoms with Crippen LogP contribution in [0.15, 0.2) is 18.3 Å². The molecule has 0 aliphatic rings. The highest BCUT2D eigenvalue weighted by Gasteiger charge is 2.32. The molecule has 0 saturated heterocycles. The summed E-state index contributed by atoms with van der Waals surface area (Å²) >= 11 is 0. The van der Waals surface area contributed by atoms with Crippen LogP contribution in [-0.4, -0.2) is 28.6 Å². The third kappa shape index (κ3) is 4.86. The molecule has 19 heavy (non-hydrogen) atoms. The Hall–Kier alpha value is -1.63. The molecule has 7 heteroatoms. The van der Waals surface area contributed by atoms with Gasteiger partial charge in [-0.2, -0.15) is 13.2 Å². The number of amides is 1. The first-order valence-electron chi connectivity index (χ1n) is 5.84. The van der Waals surface area contributed by atoms with Crippen molar-refractivity contribution < 1.29 is 23.1 Å². The number of aliphatic hydroxyl groups excluding tert-OH is 1. The summed E-state index contributed by atoms with van der Waals surface area (Å²) in [6.45, 7) is 2.07. The fourth-order valence-corrected chi connectivity index (χ4v) is 1.35. The van der Waals surface area contributed by atoms with Gasteiger partial charge in [-0.3, -0.25) is 9.78 Å². The van der Waals surface area contributed by atoms with Crippen molar-refractivity contribution in [2.24, 2.45) is 0 Å². The van der Waals surface area contributed by atoms with E-state index in [0.29, 0.717) is 12.8 Å². The second-order valence-corrected chi connectivity index (χ2v) is 4.04. The van der Waals surface area contributed by atoms with Crippen molar-refractivity contribution in [3.05, 3.63) is 29.6 Å². The van der Waals surface area contributed by atoms with Crippen LogP contribution in [0.4, 0.5) is 13.2 Å². The molecule has 1 amide bonds. The molecule has 0 fully saturated rings. The number of alkyl halides is 3. The van der Waals surface area contributed by atoms with Gasteiger partial charge in [0.1, 0.15) is 5.69 Å². The molecule has 1 unspecified atom stereocenters. The van der Waals surface area contributed by atoms with E-state index in [1.165, 1.54) is 0 Å². The Morgan fingerprint density at radius 3 is 2.63 bits per heavy atom. The molecule has 1 aromatic heterocycles. The molecule has 0 aliphatic heterocycles. The summed E-state index contributed by atoms with van der Waals surface area (Å²) in [6.07, 6.45) is -3.14. The topological polar surface area (TPSA) is 62.2 Å². The number of hydrogen-bond acceptors (Lipinski definition) is 3. The Morgan fingerprint density at radius 2 is 2.16 bits per heavy atom. The van der Waals surface area contributed by atoms with Crippen LogP contribution in [0.25, 0.3) is 0 Å². The smallest absolute Gasteiger partial charge is 0.393 e. The first-order valence-corrected chi connectivity index (χ1v) is 5.84. The number of rotatable bonds is 5. The highest BCUT2D eigenvalue weighted by molar-refractivity contribution is 5.93. The molecule has 0 spiro atoms. The van der Waals surface area contributed by atoms with E-state index in [1.807, 2.05) is 6.92 Å². The maximum atomic E-state index is 12.3. The molecule has 106 valence electrons. The van der Waals surface area contributed by atoms with E-state index in [4.69, 9.17) is 0 Å². The molecule has 1 aromatic rings. The average molecular weight is 276 g/mol. The lowest BCUT2D eigenvalue weighted by Gasteiger charge is -2.09. The zero-order chi connectivity index (χ0) is 14.5. The monoisotopic (exact) mass is 276 g/mol. The lowest BCUT2D eigenvalue weighted by molar-refractivity contribution is -0.141. The van der Waals surface area contributed by atoms with Crippen molar-refractivity contribution in [3.8, 4) is 0 Å². The number of carbonyl (C=O) groups is 1. The second kappa shape index (κ2) is 6.51. The summed E-state index contributed by atoms with van der Waals surface area (Å²) < 4.78 is 36.8. The average Bonchev–Trinajstić information content (AvgIpc) is 2.37. The summed E-state index contributed by atoms with van der Waals surface area (Å²) in [4.78, 5) is 14.8. The van der Waals surface area contributed by atoms with E-state index in [9.17, 15) is 23.1 Å². The van der Waals surface area contributed by atoms with Gasteiger partial charge in [0.2, 0.25) is 0 Å². The van der Waals surface area contributed by atoms with E-state index in [1.54, 1.807) is 0 Å². The Morgan fingerprint density at radius 1 is 1.47 bits per heavy atom. The van der Waals surface area contributed by atoms with E-state index >= 15 is 0 Å². The van der Waals surface area contributed by atoms with Crippen molar-refractivity contribution in [2.75, 3.05) is 6.54 Å². The molecular formula is C12H15F3N2O2. The third-order valence-electron chi connectivity index (χ3n) is 2.55. The number of hydrogen-bond donors (Lipinski definition) is 2. The molecule has 1 atom stereocenters. The van der Waals surface area contributed by atoms with Crippen LogP contribution in [-0.2, 0) is 6.18 Å². The molecule has 0 radical (unpaired) electrons. The maximum Gasteiger partial charge on any atom is 0.433 e. The molecule has 0 bridgehead atoms. The number of halogens is 3. The van der Waals surface area contributed by atoms with Gasteiger partial charge < -0.3 is 10.4 Å². The summed E-state index contributed by atoms with van der Waals surface area (Å²) in [7, 11) is 0. The highest BCUT2D eigenvalue weighted by Crippen LogP contribution is 2.27. The minimum absolute atomic E-state index is 0.0546. The number of nitrogens with zero attached hydrogens (tertiary/aromatic N) is 1. The number of aromatic nitrogens is 1. The van der Waals surface area contributed by atoms with Gasteiger partial charge in [-0.25, -0.2) is 0 Å². The van der Waals surface area contributed by atoms with E-state index in [0.717, 1.165) is 18.3 Å². The van der Waals surface area contributed by atoms with Gasteiger partial charge in [-0.05, 0) is 25.0 Å². The number of carbonyl (C=O) groups excluding carboxylic acids is 1. The van der Waals surface area contributed by atoms with Crippen molar-refractivity contribution in [2.45, 2.75) is 32.0 Å². The first-order chi connectivity index (χ1) is 8.84. The van der Waals surface area contributed by atoms with Crippen molar-refractivity contribution in [3.63, 3.8) is 0 Å². The molecule has 1 heterocycles.